The Labute approximate surface area is 141 Å². The van der Waals surface area contributed by atoms with Crippen LogP contribution in [0.25, 0.3) is 0 Å². The van der Waals surface area contributed by atoms with Gasteiger partial charge in [-0.2, -0.15) is 0 Å². The fourth-order valence-electron chi connectivity index (χ4n) is 3.12. The van der Waals surface area contributed by atoms with Crippen molar-refractivity contribution >= 4 is 5.91 Å². The minimum absolute atomic E-state index is 0.169. The zero-order valence-corrected chi connectivity index (χ0v) is 13.8. The predicted octanol–water partition coefficient (Wildman–Crippen LogP) is 2.27. The van der Waals surface area contributed by atoms with E-state index in [0.717, 1.165) is 17.5 Å². The minimum Gasteiger partial charge on any atom is -0.497 e. The van der Waals surface area contributed by atoms with Crippen molar-refractivity contribution in [3.8, 4) is 11.5 Å². The molecule has 1 aliphatic rings. The van der Waals surface area contributed by atoms with E-state index >= 15 is 0 Å². The highest BCUT2D eigenvalue weighted by Gasteiger charge is 2.36. The number of hydrogen-bond acceptors (Lipinski definition) is 4. The first-order chi connectivity index (χ1) is 11.6. The zero-order chi connectivity index (χ0) is 17.2. The SMILES string of the molecule is COc1cc(OC)cc(C(=O)NC[C@@]2(O)CCc3ccccc32)c1. The Balaban J connectivity index is 1.75. The third-order valence-electron chi connectivity index (χ3n) is 4.48. The highest BCUT2D eigenvalue weighted by molar-refractivity contribution is 5.95. The molecule has 0 bridgehead atoms. The molecule has 126 valence electrons. The maximum Gasteiger partial charge on any atom is 0.251 e. The normalized spacial score (nSPS) is 18.8. The zero-order valence-electron chi connectivity index (χ0n) is 13.8. The van der Waals surface area contributed by atoms with Gasteiger partial charge in [0.15, 0.2) is 0 Å². The number of carbonyl (C=O) groups excluding carboxylic acids is 1. The molecule has 2 aromatic carbocycles. The molecule has 2 aromatic rings. The smallest absolute Gasteiger partial charge is 0.251 e. The number of hydrogen-bond donors (Lipinski definition) is 2. The van der Waals surface area contributed by atoms with E-state index in [1.165, 1.54) is 14.2 Å². The fourth-order valence-corrected chi connectivity index (χ4v) is 3.12. The molecule has 0 saturated heterocycles. The number of carbonyl (C=O) groups is 1. The number of methoxy groups -OCH3 is 2. The summed E-state index contributed by atoms with van der Waals surface area (Å²) in [6.07, 6.45) is 1.42. The third kappa shape index (κ3) is 3.08. The average Bonchev–Trinajstić information content (AvgIpc) is 2.97. The van der Waals surface area contributed by atoms with E-state index < -0.39 is 5.60 Å². The molecule has 0 fully saturated rings. The standard InChI is InChI=1S/C19H21NO4/c1-23-15-9-14(10-16(11-15)24-2)18(21)20-12-19(22)8-7-13-5-3-4-6-17(13)19/h3-6,9-11,22H,7-8,12H2,1-2H3,(H,20,21)/t19-/m0/s1. The van der Waals surface area contributed by atoms with Gasteiger partial charge in [-0.3, -0.25) is 4.79 Å². The number of amides is 1. The summed E-state index contributed by atoms with van der Waals surface area (Å²) in [5, 5.41) is 13.7. The first kappa shape index (κ1) is 16.3. The molecule has 0 radical (unpaired) electrons. The van der Waals surface area contributed by atoms with Gasteiger partial charge in [0.25, 0.3) is 5.91 Å². The molecule has 0 heterocycles. The second-order valence-corrected chi connectivity index (χ2v) is 5.97. The van der Waals surface area contributed by atoms with Gasteiger partial charge < -0.3 is 19.9 Å². The predicted molar refractivity (Wildman–Crippen MR) is 90.5 cm³/mol. The van der Waals surface area contributed by atoms with Crippen LogP contribution >= 0.6 is 0 Å². The quantitative estimate of drug-likeness (QED) is 0.884. The Hall–Kier alpha value is -2.53. The number of aliphatic hydroxyl groups is 1. The van der Waals surface area contributed by atoms with Crippen molar-refractivity contribution in [3.63, 3.8) is 0 Å². The van der Waals surface area contributed by atoms with E-state index in [2.05, 4.69) is 5.32 Å². The van der Waals surface area contributed by atoms with Gasteiger partial charge in [0.2, 0.25) is 0 Å². The van der Waals surface area contributed by atoms with Gasteiger partial charge in [-0.1, -0.05) is 24.3 Å². The molecular formula is C19H21NO4. The van der Waals surface area contributed by atoms with Crippen molar-refractivity contribution < 1.29 is 19.4 Å². The number of nitrogens with one attached hydrogen (secondary N) is 1. The van der Waals surface area contributed by atoms with Crippen LogP contribution in [-0.4, -0.2) is 31.8 Å². The second-order valence-electron chi connectivity index (χ2n) is 5.97. The molecule has 0 saturated carbocycles. The maximum absolute atomic E-state index is 12.5. The van der Waals surface area contributed by atoms with Crippen LogP contribution < -0.4 is 14.8 Å². The van der Waals surface area contributed by atoms with Crippen LogP contribution in [0.2, 0.25) is 0 Å². The lowest BCUT2D eigenvalue weighted by atomic mass is 9.96. The highest BCUT2D eigenvalue weighted by Crippen LogP contribution is 2.36. The van der Waals surface area contributed by atoms with Gasteiger partial charge in [-0.05, 0) is 36.1 Å². The van der Waals surface area contributed by atoms with Crippen molar-refractivity contribution in [3.05, 3.63) is 59.2 Å². The van der Waals surface area contributed by atoms with Crippen molar-refractivity contribution in [2.24, 2.45) is 0 Å². The fraction of sp³-hybridized carbons (Fsp3) is 0.316. The molecule has 1 atom stereocenters. The van der Waals surface area contributed by atoms with Gasteiger partial charge in [0, 0.05) is 11.6 Å². The summed E-state index contributed by atoms with van der Waals surface area (Å²) < 4.78 is 10.4. The summed E-state index contributed by atoms with van der Waals surface area (Å²) >= 11 is 0. The van der Waals surface area contributed by atoms with Crippen LogP contribution in [-0.2, 0) is 12.0 Å². The first-order valence-electron chi connectivity index (χ1n) is 7.88. The minimum atomic E-state index is -1.02. The summed E-state index contributed by atoms with van der Waals surface area (Å²) in [6, 6.07) is 12.8. The number of fused-ring (bicyclic) bond motifs is 1. The van der Waals surface area contributed by atoms with E-state index in [1.807, 2.05) is 24.3 Å². The van der Waals surface area contributed by atoms with E-state index in [4.69, 9.17) is 9.47 Å². The van der Waals surface area contributed by atoms with Crippen LogP contribution in [0.5, 0.6) is 11.5 Å². The summed E-state index contributed by atoms with van der Waals surface area (Å²) in [7, 11) is 3.07. The van der Waals surface area contributed by atoms with Crippen LogP contribution in [0.15, 0.2) is 42.5 Å². The van der Waals surface area contributed by atoms with E-state index in [-0.39, 0.29) is 12.5 Å². The van der Waals surface area contributed by atoms with Crippen LogP contribution in [0.4, 0.5) is 0 Å². The van der Waals surface area contributed by atoms with Crippen molar-refractivity contribution in [2.45, 2.75) is 18.4 Å². The summed E-state index contributed by atoms with van der Waals surface area (Å²) in [6.45, 7) is 0.169. The summed E-state index contributed by atoms with van der Waals surface area (Å²) in [5.74, 6) is 0.818. The molecule has 2 N–H and O–H groups in total. The molecule has 5 nitrogen and oxygen atoms in total. The Morgan fingerprint density at radius 1 is 1.17 bits per heavy atom. The van der Waals surface area contributed by atoms with E-state index in [1.54, 1.807) is 18.2 Å². The lowest BCUT2D eigenvalue weighted by Gasteiger charge is -2.24. The van der Waals surface area contributed by atoms with Gasteiger partial charge in [-0.15, -0.1) is 0 Å². The molecule has 5 heteroatoms. The molecule has 1 aliphatic carbocycles. The molecule has 0 aromatic heterocycles. The van der Waals surface area contributed by atoms with Crippen LogP contribution in [0.1, 0.15) is 27.9 Å². The number of benzene rings is 2. The second kappa shape index (κ2) is 6.53. The van der Waals surface area contributed by atoms with E-state index in [9.17, 15) is 9.90 Å². The summed E-state index contributed by atoms with van der Waals surface area (Å²) in [4.78, 5) is 12.5. The van der Waals surface area contributed by atoms with Gasteiger partial charge >= 0.3 is 0 Å². The number of aryl methyl sites for hydroxylation is 1. The largest absolute Gasteiger partial charge is 0.497 e. The number of rotatable bonds is 5. The lowest BCUT2D eigenvalue weighted by molar-refractivity contribution is 0.0369. The average molecular weight is 327 g/mol. The Morgan fingerprint density at radius 2 is 1.83 bits per heavy atom. The molecule has 0 spiro atoms. The van der Waals surface area contributed by atoms with Gasteiger partial charge in [0.1, 0.15) is 17.1 Å². The van der Waals surface area contributed by atoms with Gasteiger partial charge in [0.05, 0.1) is 20.8 Å². The van der Waals surface area contributed by atoms with Crippen LogP contribution in [0.3, 0.4) is 0 Å². The molecule has 3 rings (SSSR count). The highest BCUT2D eigenvalue weighted by atomic mass is 16.5. The van der Waals surface area contributed by atoms with E-state index in [0.29, 0.717) is 23.5 Å². The Morgan fingerprint density at radius 3 is 2.50 bits per heavy atom. The van der Waals surface area contributed by atoms with Gasteiger partial charge in [-0.25, -0.2) is 0 Å². The molecule has 0 aliphatic heterocycles. The number of ether oxygens (including phenoxy) is 2. The molecule has 1 amide bonds. The molecule has 24 heavy (non-hydrogen) atoms. The molecule has 0 unspecified atom stereocenters. The summed E-state index contributed by atoms with van der Waals surface area (Å²) in [5.41, 5.74) is 1.45. The molecular weight excluding hydrogens is 306 g/mol. The van der Waals surface area contributed by atoms with Crippen molar-refractivity contribution in [1.82, 2.24) is 5.32 Å². The monoisotopic (exact) mass is 327 g/mol. The Bertz CT molecular complexity index is 737. The third-order valence-corrected chi connectivity index (χ3v) is 4.48. The van der Waals surface area contributed by atoms with Crippen LogP contribution in [0, 0.1) is 0 Å². The lowest BCUT2D eigenvalue weighted by Crippen LogP contribution is -2.39. The topological polar surface area (TPSA) is 67.8 Å². The first-order valence-corrected chi connectivity index (χ1v) is 7.88. The Kier molecular flexibility index (Phi) is 4.44. The van der Waals surface area contributed by atoms with Crippen molar-refractivity contribution in [1.29, 1.82) is 0 Å². The van der Waals surface area contributed by atoms with Crippen molar-refractivity contribution in [2.75, 3.05) is 20.8 Å². The maximum atomic E-state index is 12.5.